The Kier molecular flexibility index (Phi) is 1.30. The zero-order valence-corrected chi connectivity index (χ0v) is 6.14. The molecule has 0 aromatic carbocycles. The highest BCUT2D eigenvalue weighted by Gasteiger charge is 2.00. The normalized spacial score (nSPS) is 10.3. The molecule has 0 saturated carbocycles. The minimum absolute atomic E-state index is 0.294. The quantitative estimate of drug-likeness (QED) is 0.530. The van der Waals surface area contributed by atoms with E-state index in [-0.39, 0.29) is 5.56 Å². The molecule has 0 radical (unpaired) electrons. The summed E-state index contributed by atoms with van der Waals surface area (Å²) in [6.07, 6.45) is 2.80. The third kappa shape index (κ3) is 0.833. The summed E-state index contributed by atoms with van der Waals surface area (Å²) in [6, 6.07) is 3.43. The smallest absolute Gasteiger partial charge is 0.298 e. The maximum absolute atomic E-state index is 11.3. The molecule has 12 heavy (non-hydrogen) atoms. The van der Waals surface area contributed by atoms with Crippen LogP contribution in [0.2, 0.25) is 0 Å². The average Bonchev–Trinajstić information content (AvgIpc) is 2.12. The lowest BCUT2D eigenvalue weighted by Crippen LogP contribution is -2.27. The van der Waals surface area contributed by atoms with E-state index in [1.807, 2.05) is 0 Å². The standard InChI is InChI=1S/C7H6N4O/c8-11-4-10-5-2-1-3-9-6(5)7(11)12/h1-4H,8H2. The Hall–Kier alpha value is -1.91. The third-order valence-electron chi connectivity index (χ3n) is 1.54. The van der Waals surface area contributed by atoms with Gasteiger partial charge < -0.3 is 5.84 Å². The van der Waals surface area contributed by atoms with Gasteiger partial charge in [-0.15, -0.1) is 0 Å². The number of rotatable bonds is 0. The molecule has 2 N–H and O–H groups in total. The lowest BCUT2D eigenvalue weighted by Gasteiger charge is -1.97. The van der Waals surface area contributed by atoms with Crippen molar-refractivity contribution in [1.82, 2.24) is 14.6 Å². The molecule has 0 aliphatic rings. The molecule has 0 spiro atoms. The molecule has 60 valence electrons. The van der Waals surface area contributed by atoms with Gasteiger partial charge >= 0.3 is 0 Å². The van der Waals surface area contributed by atoms with Crippen molar-refractivity contribution in [2.45, 2.75) is 0 Å². The van der Waals surface area contributed by atoms with Gasteiger partial charge in [-0.2, -0.15) is 0 Å². The Labute approximate surface area is 67.5 Å². The van der Waals surface area contributed by atoms with Crippen molar-refractivity contribution in [3.8, 4) is 0 Å². The maximum Gasteiger partial charge on any atom is 0.298 e. The summed E-state index contributed by atoms with van der Waals surface area (Å²) in [5.41, 5.74) is 0.521. The molecular formula is C7H6N4O. The fourth-order valence-electron chi connectivity index (χ4n) is 0.965. The molecule has 0 amide bonds. The number of hydrogen-bond donors (Lipinski definition) is 1. The zero-order valence-electron chi connectivity index (χ0n) is 6.14. The molecule has 0 aliphatic carbocycles. The fourth-order valence-corrected chi connectivity index (χ4v) is 0.965. The Morgan fingerprint density at radius 2 is 2.25 bits per heavy atom. The van der Waals surface area contributed by atoms with Crippen molar-refractivity contribution >= 4 is 11.0 Å². The van der Waals surface area contributed by atoms with Gasteiger partial charge in [0.25, 0.3) is 5.56 Å². The highest BCUT2D eigenvalue weighted by Crippen LogP contribution is 1.98. The first-order valence-corrected chi connectivity index (χ1v) is 3.36. The van der Waals surface area contributed by atoms with E-state index in [2.05, 4.69) is 9.97 Å². The van der Waals surface area contributed by atoms with Gasteiger partial charge in [-0.05, 0) is 12.1 Å². The summed E-state index contributed by atoms with van der Waals surface area (Å²) in [7, 11) is 0. The van der Waals surface area contributed by atoms with E-state index in [9.17, 15) is 4.79 Å². The fraction of sp³-hybridized carbons (Fsp3) is 0. The van der Waals surface area contributed by atoms with E-state index >= 15 is 0 Å². The van der Waals surface area contributed by atoms with Gasteiger partial charge in [-0.3, -0.25) is 4.79 Å². The van der Waals surface area contributed by atoms with E-state index in [1.165, 1.54) is 12.5 Å². The van der Waals surface area contributed by atoms with Gasteiger partial charge in [0, 0.05) is 6.20 Å². The lowest BCUT2D eigenvalue weighted by atomic mass is 10.4. The topological polar surface area (TPSA) is 73.8 Å². The number of aromatic nitrogens is 3. The van der Waals surface area contributed by atoms with Crippen LogP contribution in [0, 0.1) is 0 Å². The molecular weight excluding hydrogens is 156 g/mol. The van der Waals surface area contributed by atoms with Crippen molar-refractivity contribution in [2.24, 2.45) is 0 Å². The van der Waals surface area contributed by atoms with Crippen molar-refractivity contribution in [3.63, 3.8) is 0 Å². The highest BCUT2D eigenvalue weighted by atomic mass is 16.1. The minimum atomic E-state index is -0.333. The molecule has 2 aromatic rings. The van der Waals surface area contributed by atoms with E-state index in [4.69, 9.17) is 5.84 Å². The predicted octanol–water partition coefficient (Wildman–Crippen LogP) is -0.495. The first kappa shape index (κ1) is 6.78. The van der Waals surface area contributed by atoms with Crippen LogP contribution in [0.25, 0.3) is 11.0 Å². The molecule has 2 rings (SSSR count). The average molecular weight is 162 g/mol. The first-order valence-electron chi connectivity index (χ1n) is 3.36. The van der Waals surface area contributed by atoms with Crippen molar-refractivity contribution in [2.75, 3.05) is 5.84 Å². The molecule has 0 saturated heterocycles. The van der Waals surface area contributed by atoms with Gasteiger partial charge in [0.2, 0.25) is 0 Å². The van der Waals surface area contributed by atoms with Crippen molar-refractivity contribution in [1.29, 1.82) is 0 Å². The van der Waals surface area contributed by atoms with Gasteiger partial charge in [-0.25, -0.2) is 14.6 Å². The second kappa shape index (κ2) is 2.30. The molecule has 0 fully saturated rings. The van der Waals surface area contributed by atoms with Gasteiger partial charge in [-0.1, -0.05) is 0 Å². The number of hydrogen-bond acceptors (Lipinski definition) is 4. The molecule has 2 heterocycles. The number of nitrogens with zero attached hydrogens (tertiary/aromatic N) is 3. The number of fused-ring (bicyclic) bond motifs is 1. The second-order valence-corrected chi connectivity index (χ2v) is 2.33. The van der Waals surface area contributed by atoms with Crippen LogP contribution in [0.3, 0.4) is 0 Å². The van der Waals surface area contributed by atoms with Gasteiger partial charge in [0.15, 0.2) is 5.52 Å². The molecule has 0 atom stereocenters. The lowest BCUT2D eigenvalue weighted by molar-refractivity contribution is 0.907. The third-order valence-corrected chi connectivity index (χ3v) is 1.54. The summed E-state index contributed by atoms with van der Waals surface area (Å²) < 4.78 is 0.912. The Morgan fingerprint density at radius 3 is 3.08 bits per heavy atom. The molecule has 2 aromatic heterocycles. The van der Waals surface area contributed by atoms with Crippen LogP contribution in [0.1, 0.15) is 0 Å². The monoisotopic (exact) mass is 162 g/mol. The van der Waals surface area contributed by atoms with E-state index < -0.39 is 0 Å². The van der Waals surface area contributed by atoms with Crippen LogP contribution in [0.15, 0.2) is 29.5 Å². The molecule has 5 nitrogen and oxygen atoms in total. The zero-order chi connectivity index (χ0) is 8.55. The van der Waals surface area contributed by atoms with Crippen molar-refractivity contribution in [3.05, 3.63) is 35.0 Å². The summed E-state index contributed by atoms with van der Waals surface area (Å²) >= 11 is 0. The summed E-state index contributed by atoms with van der Waals surface area (Å²) in [5.74, 6) is 5.29. The van der Waals surface area contributed by atoms with Crippen LogP contribution in [-0.4, -0.2) is 14.6 Å². The Balaban J connectivity index is 3.01. The minimum Gasteiger partial charge on any atom is -0.335 e. The van der Waals surface area contributed by atoms with Crippen LogP contribution in [-0.2, 0) is 0 Å². The number of pyridine rings is 1. The molecule has 0 unspecified atom stereocenters. The summed E-state index contributed by atoms with van der Waals surface area (Å²) in [4.78, 5) is 19.0. The summed E-state index contributed by atoms with van der Waals surface area (Å²) in [6.45, 7) is 0. The number of nitrogen functional groups attached to an aromatic ring is 1. The van der Waals surface area contributed by atoms with E-state index in [1.54, 1.807) is 12.1 Å². The first-order chi connectivity index (χ1) is 5.79. The van der Waals surface area contributed by atoms with Crippen LogP contribution in [0.4, 0.5) is 0 Å². The second-order valence-electron chi connectivity index (χ2n) is 2.33. The van der Waals surface area contributed by atoms with Crippen molar-refractivity contribution < 1.29 is 0 Å². The van der Waals surface area contributed by atoms with Crippen LogP contribution < -0.4 is 11.4 Å². The van der Waals surface area contributed by atoms with Gasteiger partial charge in [0.05, 0.1) is 5.52 Å². The largest absolute Gasteiger partial charge is 0.335 e. The molecule has 0 bridgehead atoms. The number of nitrogens with two attached hydrogens (primary N) is 1. The maximum atomic E-state index is 11.3. The molecule has 0 aliphatic heterocycles. The Bertz CT molecular complexity index is 476. The molecule has 5 heteroatoms. The Morgan fingerprint density at radius 1 is 1.42 bits per heavy atom. The SMILES string of the molecule is Nn1cnc2cccnc2c1=O. The van der Waals surface area contributed by atoms with E-state index in [0.29, 0.717) is 11.0 Å². The van der Waals surface area contributed by atoms with Crippen LogP contribution >= 0.6 is 0 Å². The van der Waals surface area contributed by atoms with E-state index in [0.717, 1.165) is 4.68 Å². The van der Waals surface area contributed by atoms with Gasteiger partial charge in [0.1, 0.15) is 6.33 Å². The highest BCUT2D eigenvalue weighted by molar-refractivity contribution is 5.71. The predicted molar refractivity (Wildman–Crippen MR) is 43.9 cm³/mol. The summed E-state index contributed by atoms with van der Waals surface area (Å²) in [5, 5.41) is 0. The van der Waals surface area contributed by atoms with Crippen LogP contribution in [0.5, 0.6) is 0 Å².